The lowest BCUT2D eigenvalue weighted by Gasteiger charge is -2.15. The number of amides is 1. The van der Waals surface area contributed by atoms with Crippen molar-refractivity contribution in [3.05, 3.63) is 42.2 Å². The Labute approximate surface area is 136 Å². The zero-order chi connectivity index (χ0) is 15.1. The second-order valence-corrected chi connectivity index (χ2v) is 4.90. The van der Waals surface area contributed by atoms with Crippen molar-refractivity contribution in [2.75, 3.05) is 6.54 Å². The van der Waals surface area contributed by atoms with Gasteiger partial charge in [-0.1, -0.05) is 38.0 Å². The van der Waals surface area contributed by atoms with Gasteiger partial charge in [-0.3, -0.25) is 4.79 Å². The summed E-state index contributed by atoms with van der Waals surface area (Å²) in [6, 6.07) is 9.46. The Morgan fingerprint density at radius 1 is 1.36 bits per heavy atom. The predicted molar refractivity (Wildman–Crippen MR) is 88.4 cm³/mol. The number of unbranched alkanes of at least 4 members (excludes halogenated alkanes) is 1. The van der Waals surface area contributed by atoms with E-state index in [1.54, 1.807) is 0 Å². The van der Waals surface area contributed by atoms with Crippen molar-refractivity contribution in [1.29, 1.82) is 0 Å². The summed E-state index contributed by atoms with van der Waals surface area (Å²) in [6.45, 7) is 2.54. The number of nitrogens with zero attached hydrogens (tertiary/aromatic N) is 3. The SMILES string of the molecule is CCCCC(CN)NC(=O)c1cnn(-c2ccccc2)n1.Cl. The Hall–Kier alpha value is -1.92. The zero-order valence-corrected chi connectivity index (χ0v) is 13.4. The molecule has 0 aliphatic carbocycles. The van der Waals surface area contributed by atoms with E-state index >= 15 is 0 Å². The van der Waals surface area contributed by atoms with Crippen LogP contribution in [0.25, 0.3) is 5.69 Å². The average Bonchev–Trinajstić information content (AvgIpc) is 3.02. The van der Waals surface area contributed by atoms with Crippen molar-refractivity contribution in [2.24, 2.45) is 5.73 Å². The molecule has 3 N–H and O–H groups in total. The van der Waals surface area contributed by atoms with Crippen molar-refractivity contribution in [3.63, 3.8) is 0 Å². The second kappa shape index (κ2) is 9.17. The molecule has 0 aliphatic rings. The molecule has 1 aromatic carbocycles. The molecule has 0 spiro atoms. The van der Waals surface area contributed by atoms with E-state index < -0.39 is 0 Å². The van der Waals surface area contributed by atoms with Gasteiger partial charge >= 0.3 is 0 Å². The largest absolute Gasteiger partial charge is 0.347 e. The van der Waals surface area contributed by atoms with Crippen molar-refractivity contribution < 1.29 is 4.79 Å². The number of carbonyl (C=O) groups excluding carboxylic acids is 1. The molecule has 0 radical (unpaired) electrons. The van der Waals surface area contributed by atoms with Crippen LogP contribution in [-0.2, 0) is 0 Å². The maximum Gasteiger partial charge on any atom is 0.273 e. The minimum Gasteiger partial charge on any atom is -0.347 e. The minimum absolute atomic E-state index is 0. The monoisotopic (exact) mass is 323 g/mol. The van der Waals surface area contributed by atoms with Crippen molar-refractivity contribution in [2.45, 2.75) is 32.2 Å². The Morgan fingerprint density at radius 3 is 2.73 bits per heavy atom. The maximum absolute atomic E-state index is 12.1. The fourth-order valence-electron chi connectivity index (χ4n) is 2.01. The molecule has 0 fully saturated rings. The molecule has 7 heteroatoms. The molecule has 1 amide bonds. The van der Waals surface area contributed by atoms with Gasteiger partial charge < -0.3 is 11.1 Å². The molecule has 1 unspecified atom stereocenters. The van der Waals surface area contributed by atoms with E-state index in [-0.39, 0.29) is 24.4 Å². The van der Waals surface area contributed by atoms with Gasteiger partial charge in [0.2, 0.25) is 0 Å². The number of rotatable bonds is 7. The molecule has 0 bridgehead atoms. The fraction of sp³-hybridized carbons (Fsp3) is 0.400. The number of nitrogens with two attached hydrogens (primary N) is 1. The summed E-state index contributed by atoms with van der Waals surface area (Å²) in [4.78, 5) is 13.6. The Kier molecular flexibility index (Phi) is 7.56. The molecular weight excluding hydrogens is 302 g/mol. The smallest absolute Gasteiger partial charge is 0.273 e. The van der Waals surface area contributed by atoms with Crippen molar-refractivity contribution >= 4 is 18.3 Å². The summed E-state index contributed by atoms with van der Waals surface area (Å²) in [6.07, 6.45) is 4.47. The van der Waals surface area contributed by atoms with E-state index in [0.717, 1.165) is 24.9 Å². The number of hydrogen-bond acceptors (Lipinski definition) is 4. The first kappa shape index (κ1) is 18.1. The van der Waals surface area contributed by atoms with Gasteiger partial charge in [-0.05, 0) is 18.6 Å². The van der Waals surface area contributed by atoms with Gasteiger partial charge in [-0.25, -0.2) is 0 Å². The van der Waals surface area contributed by atoms with Gasteiger partial charge in [0.25, 0.3) is 5.91 Å². The molecule has 1 heterocycles. The summed E-state index contributed by atoms with van der Waals surface area (Å²) in [5.41, 5.74) is 6.80. The van der Waals surface area contributed by atoms with E-state index in [4.69, 9.17) is 5.73 Å². The van der Waals surface area contributed by atoms with Crippen molar-refractivity contribution in [3.8, 4) is 5.69 Å². The van der Waals surface area contributed by atoms with Crippen LogP contribution in [0.15, 0.2) is 36.5 Å². The topological polar surface area (TPSA) is 85.8 Å². The highest BCUT2D eigenvalue weighted by molar-refractivity contribution is 5.92. The Morgan fingerprint density at radius 2 is 2.09 bits per heavy atom. The molecule has 22 heavy (non-hydrogen) atoms. The molecule has 0 saturated carbocycles. The van der Waals surface area contributed by atoms with Gasteiger partial charge in [0.1, 0.15) is 0 Å². The van der Waals surface area contributed by atoms with Crippen LogP contribution in [0.1, 0.15) is 36.7 Å². The second-order valence-electron chi connectivity index (χ2n) is 4.90. The number of hydrogen-bond donors (Lipinski definition) is 2. The van der Waals surface area contributed by atoms with Crippen LogP contribution >= 0.6 is 12.4 Å². The molecule has 1 atom stereocenters. The molecule has 6 nitrogen and oxygen atoms in total. The lowest BCUT2D eigenvalue weighted by Crippen LogP contribution is -2.40. The molecule has 0 saturated heterocycles. The average molecular weight is 324 g/mol. The summed E-state index contributed by atoms with van der Waals surface area (Å²) in [7, 11) is 0. The highest BCUT2D eigenvalue weighted by atomic mass is 35.5. The number of para-hydroxylation sites is 1. The fourth-order valence-corrected chi connectivity index (χ4v) is 2.01. The van der Waals surface area contributed by atoms with E-state index in [9.17, 15) is 4.79 Å². The quantitative estimate of drug-likeness (QED) is 0.815. The molecular formula is C15H22ClN5O. The van der Waals surface area contributed by atoms with Gasteiger partial charge in [0.15, 0.2) is 5.69 Å². The zero-order valence-electron chi connectivity index (χ0n) is 12.6. The van der Waals surface area contributed by atoms with E-state index in [2.05, 4.69) is 22.4 Å². The highest BCUT2D eigenvalue weighted by Crippen LogP contribution is 2.05. The summed E-state index contributed by atoms with van der Waals surface area (Å²) in [5, 5.41) is 11.2. The number of nitrogens with one attached hydrogen (secondary N) is 1. The first-order valence-electron chi connectivity index (χ1n) is 7.23. The third-order valence-corrected chi connectivity index (χ3v) is 3.24. The van der Waals surface area contributed by atoms with Crippen LogP contribution < -0.4 is 11.1 Å². The Bertz CT molecular complexity index is 572. The lowest BCUT2D eigenvalue weighted by atomic mass is 10.1. The number of aromatic nitrogens is 3. The normalized spacial score (nSPS) is 11.5. The summed E-state index contributed by atoms with van der Waals surface area (Å²) < 4.78 is 0. The number of benzene rings is 1. The van der Waals surface area contributed by atoms with E-state index in [1.165, 1.54) is 11.0 Å². The molecule has 120 valence electrons. The third kappa shape index (κ3) is 4.82. The van der Waals surface area contributed by atoms with Crippen LogP contribution in [0.4, 0.5) is 0 Å². The lowest BCUT2D eigenvalue weighted by molar-refractivity contribution is 0.0930. The van der Waals surface area contributed by atoms with Crippen LogP contribution in [0.3, 0.4) is 0 Å². The van der Waals surface area contributed by atoms with Crippen LogP contribution in [-0.4, -0.2) is 33.5 Å². The molecule has 1 aromatic heterocycles. The van der Waals surface area contributed by atoms with E-state index in [1.807, 2.05) is 30.3 Å². The molecule has 2 rings (SSSR count). The summed E-state index contributed by atoms with van der Waals surface area (Å²) in [5.74, 6) is -0.233. The third-order valence-electron chi connectivity index (χ3n) is 3.24. The highest BCUT2D eigenvalue weighted by Gasteiger charge is 2.15. The van der Waals surface area contributed by atoms with Gasteiger partial charge in [0.05, 0.1) is 11.9 Å². The summed E-state index contributed by atoms with van der Waals surface area (Å²) >= 11 is 0. The first-order valence-corrected chi connectivity index (χ1v) is 7.23. The van der Waals surface area contributed by atoms with Crippen molar-refractivity contribution in [1.82, 2.24) is 20.3 Å². The van der Waals surface area contributed by atoms with E-state index in [0.29, 0.717) is 12.2 Å². The van der Waals surface area contributed by atoms with Gasteiger partial charge in [-0.15, -0.1) is 17.5 Å². The van der Waals surface area contributed by atoms with Crippen LogP contribution in [0, 0.1) is 0 Å². The standard InChI is InChI=1S/C15H21N5O.ClH/c1-2-3-7-12(10-16)18-15(21)14-11-17-20(19-14)13-8-5-4-6-9-13;/h4-6,8-9,11-12H,2-3,7,10,16H2,1H3,(H,18,21);1H. The maximum atomic E-state index is 12.1. The number of carbonyl (C=O) groups is 1. The molecule has 0 aliphatic heterocycles. The number of halogens is 1. The molecule has 2 aromatic rings. The van der Waals surface area contributed by atoms with Crippen LogP contribution in [0.5, 0.6) is 0 Å². The Balaban J connectivity index is 0.00000242. The van der Waals surface area contributed by atoms with Gasteiger partial charge in [0, 0.05) is 12.6 Å². The van der Waals surface area contributed by atoms with Crippen LogP contribution in [0.2, 0.25) is 0 Å². The first-order chi connectivity index (χ1) is 10.2. The minimum atomic E-state index is -0.233. The predicted octanol–water partition coefficient (Wildman–Crippen LogP) is 1.94. The van der Waals surface area contributed by atoms with Gasteiger partial charge in [-0.2, -0.15) is 9.90 Å².